The van der Waals surface area contributed by atoms with Crippen molar-refractivity contribution in [1.82, 2.24) is 10.1 Å². The Morgan fingerprint density at radius 3 is 2.68 bits per heavy atom. The summed E-state index contributed by atoms with van der Waals surface area (Å²) in [5.41, 5.74) is 10.2. The van der Waals surface area contributed by atoms with Crippen LogP contribution >= 0.6 is 12.4 Å². The lowest BCUT2D eigenvalue weighted by atomic mass is 9.98. The van der Waals surface area contributed by atoms with Crippen LogP contribution in [0.2, 0.25) is 0 Å². The summed E-state index contributed by atoms with van der Waals surface area (Å²) in [6.07, 6.45) is 8.64. The van der Waals surface area contributed by atoms with Crippen LogP contribution in [0.3, 0.4) is 0 Å². The van der Waals surface area contributed by atoms with E-state index in [1.165, 1.54) is 36.0 Å². The van der Waals surface area contributed by atoms with Gasteiger partial charge in [-0.05, 0) is 48.8 Å². The molecule has 1 saturated carbocycles. The molecule has 2 N–H and O–H groups in total. The third kappa shape index (κ3) is 2.77. The van der Waals surface area contributed by atoms with Crippen LogP contribution in [0.15, 0.2) is 22.7 Å². The minimum absolute atomic E-state index is 0. The van der Waals surface area contributed by atoms with Gasteiger partial charge in [-0.2, -0.15) is 4.98 Å². The minimum atomic E-state index is -0.361. The molecule has 5 heteroatoms. The highest BCUT2D eigenvalue weighted by atomic mass is 35.5. The second-order valence-electron chi connectivity index (χ2n) is 6.51. The first-order valence-corrected chi connectivity index (χ1v) is 7.96. The van der Waals surface area contributed by atoms with E-state index in [2.05, 4.69) is 28.3 Å². The zero-order chi connectivity index (χ0) is 14.3. The summed E-state index contributed by atoms with van der Waals surface area (Å²) in [7, 11) is 0. The molecule has 4 rings (SSSR count). The Kier molecular flexibility index (Phi) is 4.24. The van der Waals surface area contributed by atoms with Crippen LogP contribution in [0.25, 0.3) is 0 Å². The zero-order valence-corrected chi connectivity index (χ0v) is 13.5. The Hall–Kier alpha value is -1.39. The lowest BCUT2D eigenvalue weighted by Gasteiger charge is -2.17. The fourth-order valence-corrected chi connectivity index (χ4v) is 3.67. The molecule has 1 fully saturated rings. The van der Waals surface area contributed by atoms with Gasteiger partial charge < -0.3 is 10.3 Å². The van der Waals surface area contributed by atoms with Crippen LogP contribution in [0.4, 0.5) is 0 Å². The highest BCUT2D eigenvalue weighted by Gasteiger charge is 2.35. The molecule has 0 saturated heterocycles. The smallest absolute Gasteiger partial charge is 0.231 e. The van der Waals surface area contributed by atoms with Crippen LogP contribution in [-0.4, -0.2) is 10.1 Å². The molecule has 0 atom stereocenters. The number of nitrogens with zero attached hydrogens (tertiary/aromatic N) is 2. The zero-order valence-electron chi connectivity index (χ0n) is 12.7. The molecule has 118 valence electrons. The van der Waals surface area contributed by atoms with E-state index in [0.717, 1.165) is 25.7 Å². The van der Waals surface area contributed by atoms with E-state index in [0.29, 0.717) is 18.1 Å². The molecule has 4 nitrogen and oxygen atoms in total. The van der Waals surface area contributed by atoms with Crippen molar-refractivity contribution in [2.75, 3.05) is 0 Å². The minimum Gasteiger partial charge on any atom is -0.339 e. The fraction of sp³-hybridized carbons (Fsp3) is 0.529. The second kappa shape index (κ2) is 6.01. The van der Waals surface area contributed by atoms with Crippen LogP contribution < -0.4 is 5.73 Å². The van der Waals surface area contributed by atoms with Gasteiger partial charge >= 0.3 is 0 Å². The van der Waals surface area contributed by atoms with Gasteiger partial charge in [0.05, 0.1) is 12.0 Å². The van der Waals surface area contributed by atoms with Gasteiger partial charge in [0.1, 0.15) is 0 Å². The van der Waals surface area contributed by atoms with E-state index in [4.69, 9.17) is 10.3 Å². The molecule has 1 aromatic heterocycles. The van der Waals surface area contributed by atoms with Crippen molar-refractivity contribution in [1.29, 1.82) is 0 Å². The number of rotatable bonds is 3. The molecule has 0 amide bonds. The summed E-state index contributed by atoms with van der Waals surface area (Å²) in [4.78, 5) is 4.55. The van der Waals surface area contributed by atoms with Gasteiger partial charge in [-0.3, -0.25) is 0 Å². The normalized spacial score (nSPS) is 19.0. The van der Waals surface area contributed by atoms with Crippen LogP contribution in [0, 0.1) is 0 Å². The Balaban J connectivity index is 0.00000144. The van der Waals surface area contributed by atoms with Gasteiger partial charge in [0.15, 0.2) is 5.82 Å². The molecule has 0 unspecified atom stereocenters. The van der Waals surface area contributed by atoms with E-state index in [-0.39, 0.29) is 17.9 Å². The third-order valence-corrected chi connectivity index (χ3v) is 4.93. The topological polar surface area (TPSA) is 64.9 Å². The van der Waals surface area contributed by atoms with E-state index in [1.54, 1.807) is 0 Å². The summed E-state index contributed by atoms with van der Waals surface area (Å²) in [6, 6.07) is 6.72. The predicted octanol–water partition coefficient (Wildman–Crippen LogP) is 3.30. The molecular formula is C17H22ClN3O. The number of aryl methyl sites for hydroxylation is 2. The summed E-state index contributed by atoms with van der Waals surface area (Å²) in [5, 5.41) is 4.13. The highest BCUT2D eigenvalue weighted by Crippen LogP contribution is 2.34. The monoisotopic (exact) mass is 319 g/mol. The van der Waals surface area contributed by atoms with Crippen LogP contribution in [-0.2, 0) is 24.8 Å². The number of hydrogen-bond donors (Lipinski definition) is 1. The van der Waals surface area contributed by atoms with Crippen molar-refractivity contribution < 1.29 is 4.52 Å². The largest absolute Gasteiger partial charge is 0.339 e. The van der Waals surface area contributed by atoms with Gasteiger partial charge in [0, 0.05) is 0 Å². The maximum Gasteiger partial charge on any atom is 0.231 e. The van der Waals surface area contributed by atoms with Crippen molar-refractivity contribution in [3.8, 4) is 0 Å². The lowest BCUT2D eigenvalue weighted by Crippen LogP contribution is -2.34. The summed E-state index contributed by atoms with van der Waals surface area (Å²) in [6.45, 7) is 0. The second-order valence-corrected chi connectivity index (χ2v) is 6.51. The first-order valence-electron chi connectivity index (χ1n) is 7.96. The number of benzene rings is 1. The van der Waals surface area contributed by atoms with Crippen molar-refractivity contribution in [2.45, 2.75) is 56.9 Å². The molecule has 0 aliphatic heterocycles. The quantitative estimate of drug-likeness (QED) is 0.942. The van der Waals surface area contributed by atoms with Gasteiger partial charge in [0.25, 0.3) is 0 Å². The van der Waals surface area contributed by atoms with Crippen molar-refractivity contribution in [3.63, 3.8) is 0 Å². The Bertz CT molecular complexity index is 662. The van der Waals surface area contributed by atoms with Crippen molar-refractivity contribution in [2.24, 2.45) is 5.73 Å². The fourth-order valence-electron chi connectivity index (χ4n) is 3.67. The predicted molar refractivity (Wildman–Crippen MR) is 87.2 cm³/mol. The van der Waals surface area contributed by atoms with Gasteiger partial charge in [-0.1, -0.05) is 36.2 Å². The van der Waals surface area contributed by atoms with E-state index >= 15 is 0 Å². The molecule has 1 heterocycles. The molecular weight excluding hydrogens is 298 g/mol. The SMILES string of the molecule is Cl.NC1(c2noc(Cc3ccc4c(c3)CCC4)n2)CCCC1. The number of hydrogen-bond acceptors (Lipinski definition) is 4. The molecule has 2 aromatic rings. The summed E-state index contributed by atoms with van der Waals surface area (Å²) >= 11 is 0. The highest BCUT2D eigenvalue weighted by molar-refractivity contribution is 5.85. The average Bonchev–Trinajstić information content (AvgIpc) is 3.18. The first-order chi connectivity index (χ1) is 10.2. The molecule has 0 radical (unpaired) electrons. The third-order valence-electron chi connectivity index (χ3n) is 4.93. The summed E-state index contributed by atoms with van der Waals surface area (Å²) < 4.78 is 5.42. The Labute approximate surface area is 136 Å². The maximum atomic E-state index is 6.38. The number of nitrogens with two attached hydrogens (primary N) is 1. The Morgan fingerprint density at radius 1 is 1.09 bits per heavy atom. The van der Waals surface area contributed by atoms with Crippen molar-refractivity contribution in [3.05, 3.63) is 46.6 Å². The molecule has 1 aromatic carbocycles. The number of aromatic nitrogens is 2. The standard InChI is InChI=1S/C17H21N3O.ClH/c18-17(8-1-2-9-17)16-19-15(21-20-16)11-12-6-7-13-4-3-5-14(13)10-12;/h6-7,10H,1-5,8-9,11,18H2;1H. The van der Waals surface area contributed by atoms with Gasteiger partial charge in [-0.25, -0.2) is 0 Å². The molecule has 22 heavy (non-hydrogen) atoms. The molecule has 2 aliphatic rings. The van der Waals surface area contributed by atoms with Gasteiger partial charge in [0.2, 0.25) is 5.89 Å². The van der Waals surface area contributed by atoms with E-state index < -0.39 is 0 Å². The van der Waals surface area contributed by atoms with E-state index in [9.17, 15) is 0 Å². The molecule has 0 spiro atoms. The number of halogens is 1. The van der Waals surface area contributed by atoms with Gasteiger partial charge in [-0.15, -0.1) is 12.4 Å². The van der Waals surface area contributed by atoms with E-state index in [1.807, 2.05) is 0 Å². The summed E-state index contributed by atoms with van der Waals surface area (Å²) in [5.74, 6) is 1.37. The lowest BCUT2D eigenvalue weighted by molar-refractivity contribution is 0.352. The maximum absolute atomic E-state index is 6.38. The van der Waals surface area contributed by atoms with Crippen molar-refractivity contribution >= 4 is 12.4 Å². The van der Waals surface area contributed by atoms with Crippen LogP contribution in [0.5, 0.6) is 0 Å². The average molecular weight is 320 g/mol. The molecule has 0 bridgehead atoms. The van der Waals surface area contributed by atoms with Crippen LogP contribution in [0.1, 0.15) is 60.5 Å². The first kappa shape index (κ1) is 15.5. The Morgan fingerprint density at radius 2 is 1.86 bits per heavy atom. The molecule has 2 aliphatic carbocycles. The number of fused-ring (bicyclic) bond motifs is 1.